The number of benzene rings is 1. The summed E-state index contributed by atoms with van der Waals surface area (Å²) in [6.07, 6.45) is 0.198. The molecule has 0 atom stereocenters. The van der Waals surface area contributed by atoms with Crippen LogP contribution in [0.15, 0.2) is 24.3 Å². The summed E-state index contributed by atoms with van der Waals surface area (Å²) in [4.78, 5) is 19.1. The summed E-state index contributed by atoms with van der Waals surface area (Å²) in [6, 6.07) is 8.34. The molecule has 1 aromatic rings. The maximum absolute atomic E-state index is 12.5. The summed E-state index contributed by atoms with van der Waals surface area (Å²) in [5.41, 5.74) is 1.29. The first kappa shape index (κ1) is 19.1. The fourth-order valence-electron chi connectivity index (χ4n) is 3.41. The topological polar surface area (TPSA) is 45.2 Å². The SMILES string of the molecule is CC(C)Oc1ccc(CN2CCN(C(=O)CN3CCOCC3)CC2)cc1. The van der Waals surface area contributed by atoms with Gasteiger partial charge in [0.1, 0.15) is 5.75 Å². The summed E-state index contributed by atoms with van der Waals surface area (Å²) in [7, 11) is 0. The molecule has 0 spiro atoms. The number of carbonyl (C=O) groups is 1. The second kappa shape index (κ2) is 9.35. The van der Waals surface area contributed by atoms with E-state index in [0.717, 1.165) is 64.8 Å². The van der Waals surface area contributed by atoms with Gasteiger partial charge in [0.15, 0.2) is 0 Å². The van der Waals surface area contributed by atoms with Gasteiger partial charge in [0.2, 0.25) is 5.91 Å². The third-order valence-corrected chi connectivity index (χ3v) is 4.89. The molecular formula is C20H31N3O3. The third kappa shape index (κ3) is 5.69. The standard InChI is InChI=1S/C20H31N3O3/c1-17(2)26-19-5-3-18(4-6-19)15-21-7-9-23(10-8-21)20(24)16-22-11-13-25-14-12-22/h3-6,17H,7-16H2,1-2H3. The molecule has 0 aromatic heterocycles. The lowest BCUT2D eigenvalue weighted by atomic mass is 10.2. The van der Waals surface area contributed by atoms with E-state index in [4.69, 9.17) is 9.47 Å². The van der Waals surface area contributed by atoms with Gasteiger partial charge < -0.3 is 14.4 Å². The van der Waals surface area contributed by atoms with E-state index in [1.54, 1.807) is 0 Å². The Balaban J connectivity index is 1.41. The quantitative estimate of drug-likeness (QED) is 0.767. The molecule has 6 nitrogen and oxygen atoms in total. The number of rotatable bonds is 6. The normalized spacial score (nSPS) is 19.7. The lowest BCUT2D eigenvalue weighted by Crippen LogP contribution is -2.51. The number of ether oxygens (including phenoxy) is 2. The van der Waals surface area contributed by atoms with Crippen LogP contribution in [0.3, 0.4) is 0 Å². The first-order valence-corrected chi connectivity index (χ1v) is 9.66. The summed E-state index contributed by atoms with van der Waals surface area (Å²) >= 11 is 0. The van der Waals surface area contributed by atoms with Crippen molar-refractivity contribution in [1.29, 1.82) is 0 Å². The Morgan fingerprint density at radius 2 is 1.65 bits per heavy atom. The molecule has 6 heteroatoms. The zero-order valence-corrected chi connectivity index (χ0v) is 16.0. The molecular weight excluding hydrogens is 330 g/mol. The highest BCUT2D eigenvalue weighted by molar-refractivity contribution is 5.78. The van der Waals surface area contributed by atoms with Crippen molar-refractivity contribution in [3.05, 3.63) is 29.8 Å². The molecule has 0 N–H and O–H groups in total. The van der Waals surface area contributed by atoms with Crippen molar-refractivity contribution in [2.24, 2.45) is 0 Å². The van der Waals surface area contributed by atoms with Crippen LogP contribution < -0.4 is 4.74 Å². The molecule has 1 aromatic carbocycles. The monoisotopic (exact) mass is 361 g/mol. The van der Waals surface area contributed by atoms with Crippen LogP contribution in [0.25, 0.3) is 0 Å². The fraction of sp³-hybridized carbons (Fsp3) is 0.650. The summed E-state index contributed by atoms with van der Waals surface area (Å²) in [5, 5.41) is 0. The molecule has 144 valence electrons. The van der Waals surface area contributed by atoms with Gasteiger partial charge in [-0.2, -0.15) is 0 Å². The minimum absolute atomic E-state index is 0.198. The average Bonchev–Trinajstić information content (AvgIpc) is 2.64. The lowest BCUT2D eigenvalue weighted by Gasteiger charge is -2.36. The van der Waals surface area contributed by atoms with E-state index < -0.39 is 0 Å². The number of nitrogens with zero attached hydrogens (tertiary/aromatic N) is 3. The predicted octanol–water partition coefficient (Wildman–Crippen LogP) is 1.45. The summed E-state index contributed by atoms with van der Waals surface area (Å²) in [5.74, 6) is 1.17. The fourth-order valence-corrected chi connectivity index (χ4v) is 3.41. The maximum Gasteiger partial charge on any atom is 0.236 e. The van der Waals surface area contributed by atoms with Gasteiger partial charge in [-0.3, -0.25) is 14.6 Å². The van der Waals surface area contributed by atoms with E-state index in [-0.39, 0.29) is 12.0 Å². The lowest BCUT2D eigenvalue weighted by molar-refractivity contribution is -0.135. The van der Waals surface area contributed by atoms with Crippen LogP contribution in [-0.4, -0.2) is 85.7 Å². The van der Waals surface area contributed by atoms with E-state index >= 15 is 0 Å². The van der Waals surface area contributed by atoms with Gasteiger partial charge in [-0.1, -0.05) is 12.1 Å². The largest absolute Gasteiger partial charge is 0.491 e. The predicted molar refractivity (Wildman–Crippen MR) is 101 cm³/mol. The molecule has 26 heavy (non-hydrogen) atoms. The zero-order chi connectivity index (χ0) is 18.4. The van der Waals surface area contributed by atoms with Crippen LogP contribution in [0.2, 0.25) is 0 Å². The molecule has 1 amide bonds. The second-order valence-electron chi connectivity index (χ2n) is 7.36. The highest BCUT2D eigenvalue weighted by Gasteiger charge is 2.23. The number of morpholine rings is 1. The van der Waals surface area contributed by atoms with Gasteiger partial charge in [0, 0.05) is 45.8 Å². The Labute approximate surface area is 156 Å². The number of piperazine rings is 1. The Bertz CT molecular complexity index is 562. The maximum atomic E-state index is 12.5. The van der Waals surface area contributed by atoms with Gasteiger partial charge in [0.05, 0.1) is 25.9 Å². The summed E-state index contributed by atoms with van der Waals surface area (Å²) < 4.78 is 11.0. The van der Waals surface area contributed by atoms with E-state index in [2.05, 4.69) is 21.9 Å². The highest BCUT2D eigenvalue weighted by Crippen LogP contribution is 2.16. The van der Waals surface area contributed by atoms with Gasteiger partial charge in [-0.15, -0.1) is 0 Å². The number of carbonyl (C=O) groups excluding carboxylic acids is 1. The van der Waals surface area contributed by atoms with Crippen molar-refractivity contribution in [2.45, 2.75) is 26.5 Å². The number of hydrogen-bond acceptors (Lipinski definition) is 5. The smallest absolute Gasteiger partial charge is 0.236 e. The van der Waals surface area contributed by atoms with Crippen LogP contribution in [-0.2, 0) is 16.1 Å². The zero-order valence-electron chi connectivity index (χ0n) is 16.0. The molecule has 2 fully saturated rings. The second-order valence-corrected chi connectivity index (χ2v) is 7.36. The van der Waals surface area contributed by atoms with Crippen molar-refractivity contribution in [3.8, 4) is 5.75 Å². The molecule has 3 rings (SSSR count). The average molecular weight is 361 g/mol. The first-order valence-electron chi connectivity index (χ1n) is 9.66. The number of hydrogen-bond donors (Lipinski definition) is 0. The van der Waals surface area contributed by atoms with Crippen LogP contribution in [0.1, 0.15) is 19.4 Å². The Morgan fingerprint density at radius 3 is 2.27 bits per heavy atom. The van der Waals surface area contributed by atoms with Crippen LogP contribution in [0.4, 0.5) is 0 Å². The third-order valence-electron chi connectivity index (χ3n) is 4.89. The highest BCUT2D eigenvalue weighted by atomic mass is 16.5. The molecule has 2 aliphatic heterocycles. The van der Waals surface area contributed by atoms with Crippen molar-refractivity contribution in [1.82, 2.24) is 14.7 Å². The minimum atomic E-state index is 0.198. The van der Waals surface area contributed by atoms with Gasteiger partial charge in [-0.25, -0.2) is 0 Å². The molecule has 0 saturated carbocycles. The minimum Gasteiger partial charge on any atom is -0.491 e. The van der Waals surface area contributed by atoms with E-state index in [1.807, 2.05) is 30.9 Å². The van der Waals surface area contributed by atoms with Crippen LogP contribution in [0, 0.1) is 0 Å². The van der Waals surface area contributed by atoms with E-state index in [0.29, 0.717) is 6.54 Å². The van der Waals surface area contributed by atoms with Crippen molar-refractivity contribution < 1.29 is 14.3 Å². The number of amides is 1. The molecule has 0 bridgehead atoms. The van der Waals surface area contributed by atoms with Crippen molar-refractivity contribution >= 4 is 5.91 Å². The van der Waals surface area contributed by atoms with E-state index in [9.17, 15) is 4.79 Å². The molecule has 2 aliphatic rings. The first-order chi connectivity index (χ1) is 12.6. The van der Waals surface area contributed by atoms with Gasteiger partial charge in [0.25, 0.3) is 0 Å². The van der Waals surface area contributed by atoms with Crippen molar-refractivity contribution in [2.75, 3.05) is 59.0 Å². The van der Waals surface area contributed by atoms with Gasteiger partial charge in [-0.05, 0) is 31.5 Å². The summed E-state index contributed by atoms with van der Waals surface area (Å²) in [6.45, 7) is 12.2. The Kier molecular flexibility index (Phi) is 6.88. The molecule has 0 radical (unpaired) electrons. The van der Waals surface area contributed by atoms with Gasteiger partial charge >= 0.3 is 0 Å². The van der Waals surface area contributed by atoms with Crippen molar-refractivity contribution in [3.63, 3.8) is 0 Å². The van der Waals surface area contributed by atoms with Crippen LogP contribution in [0.5, 0.6) is 5.75 Å². The molecule has 2 saturated heterocycles. The Hall–Kier alpha value is -1.63. The Morgan fingerprint density at radius 1 is 1.00 bits per heavy atom. The molecule has 0 unspecified atom stereocenters. The molecule has 2 heterocycles. The van der Waals surface area contributed by atoms with E-state index in [1.165, 1.54) is 5.56 Å². The van der Waals surface area contributed by atoms with Crippen LogP contribution >= 0.6 is 0 Å². The molecule has 0 aliphatic carbocycles.